The van der Waals surface area contributed by atoms with E-state index in [1.807, 2.05) is 21.1 Å². The number of phosphoric ester groups is 1. The molecule has 0 saturated carbocycles. The molecule has 0 fully saturated rings. The molecule has 0 aromatic rings. The fourth-order valence-corrected chi connectivity index (χ4v) is 6.05. The molecule has 1 amide bonds. The van der Waals surface area contributed by atoms with Gasteiger partial charge in [0.15, 0.2) is 0 Å². The van der Waals surface area contributed by atoms with Crippen molar-refractivity contribution in [2.45, 2.75) is 180 Å². The van der Waals surface area contributed by atoms with E-state index in [0.717, 1.165) is 38.5 Å². The molecular weight excluding hydrogens is 575 g/mol. The fraction of sp³-hybridized carbons (Fsp3) is 0.971. The molecule has 0 spiro atoms. The molecule has 3 unspecified atom stereocenters. The van der Waals surface area contributed by atoms with E-state index >= 15 is 0 Å². The Labute approximate surface area is 272 Å². The van der Waals surface area contributed by atoms with Gasteiger partial charge in [-0.2, -0.15) is 0 Å². The van der Waals surface area contributed by atoms with Gasteiger partial charge in [0.05, 0.1) is 39.9 Å². The molecule has 44 heavy (non-hydrogen) atoms. The maximum absolute atomic E-state index is 12.7. The van der Waals surface area contributed by atoms with Crippen LogP contribution in [0.5, 0.6) is 0 Å². The van der Waals surface area contributed by atoms with Gasteiger partial charge in [-0.25, -0.2) is 0 Å². The van der Waals surface area contributed by atoms with Crippen LogP contribution in [-0.2, 0) is 18.4 Å². The lowest BCUT2D eigenvalue weighted by atomic mass is 10.0. The molecule has 0 aromatic carbocycles. The average Bonchev–Trinajstić information content (AvgIpc) is 2.95. The van der Waals surface area contributed by atoms with Crippen molar-refractivity contribution in [2.75, 3.05) is 40.9 Å². The SMILES string of the molecule is CCCCCCCCCCCCCCCC(O)C(COP(=O)([O-])OCC[N+](C)(C)C)NC(=O)CCCCCCCCCCC. The zero-order valence-corrected chi connectivity index (χ0v) is 30.5. The predicted octanol–water partition coefficient (Wildman–Crippen LogP) is 8.44. The number of carbonyl (C=O) groups excluding carboxylic acids is 1. The molecule has 0 aliphatic heterocycles. The maximum Gasteiger partial charge on any atom is 0.268 e. The Morgan fingerprint density at radius 1 is 0.705 bits per heavy atom. The summed E-state index contributed by atoms with van der Waals surface area (Å²) in [6.45, 7) is 4.68. The molecule has 0 aliphatic carbocycles. The summed E-state index contributed by atoms with van der Waals surface area (Å²) in [5.74, 6) is -0.169. The first-order valence-corrected chi connectivity index (χ1v) is 19.8. The van der Waals surface area contributed by atoms with Crippen molar-refractivity contribution in [3.05, 3.63) is 0 Å². The van der Waals surface area contributed by atoms with Crippen molar-refractivity contribution in [3.63, 3.8) is 0 Å². The first-order chi connectivity index (χ1) is 21.0. The smallest absolute Gasteiger partial charge is 0.268 e. The van der Waals surface area contributed by atoms with Gasteiger partial charge >= 0.3 is 0 Å². The van der Waals surface area contributed by atoms with Gasteiger partial charge in [-0.05, 0) is 12.8 Å². The number of aliphatic hydroxyl groups is 1. The number of quaternary nitrogens is 1. The number of aliphatic hydroxyl groups excluding tert-OH is 1. The van der Waals surface area contributed by atoms with Crippen LogP contribution in [-0.4, -0.2) is 68.5 Å². The summed E-state index contributed by atoms with van der Waals surface area (Å²) < 4.78 is 23.1. The van der Waals surface area contributed by atoms with Gasteiger partial charge in [0.2, 0.25) is 5.91 Å². The predicted molar refractivity (Wildman–Crippen MR) is 183 cm³/mol. The number of likely N-dealkylation sites (N-methyl/N-ethyl adjacent to an activating group) is 1. The summed E-state index contributed by atoms with van der Waals surface area (Å²) in [4.78, 5) is 25.1. The average molecular weight is 649 g/mol. The van der Waals surface area contributed by atoms with Crippen LogP contribution in [0.2, 0.25) is 0 Å². The maximum atomic E-state index is 12.7. The van der Waals surface area contributed by atoms with Crippen molar-refractivity contribution < 1.29 is 32.9 Å². The first-order valence-electron chi connectivity index (χ1n) is 18.4. The molecule has 0 saturated heterocycles. The molecule has 0 heterocycles. The third-order valence-corrected chi connectivity index (χ3v) is 9.31. The Hall–Kier alpha value is -0.500. The summed E-state index contributed by atoms with van der Waals surface area (Å²) in [5.41, 5.74) is 0. The zero-order valence-electron chi connectivity index (χ0n) is 29.6. The molecular formula is C35H73N2O6P. The van der Waals surface area contributed by atoms with E-state index in [0.29, 0.717) is 23.9 Å². The van der Waals surface area contributed by atoms with Gasteiger partial charge in [0, 0.05) is 6.42 Å². The highest BCUT2D eigenvalue weighted by Crippen LogP contribution is 2.38. The summed E-state index contributed by atoms with van der Waals surface area (Å²) in [7, 11) is 1.31. The molecule has 2 N–H and O–H groups in total. The number of phosphoric acid groups is 1. The molecule has 9 heteroatoms. The van der Waals surface area contributed by atoms with E-state index < -0.39 is 20.0 Å². The third kappa shape index (κ3) is 30.2. The minimum Gasteiger partial charge on any atom is -0.756 e. The van der Waals surface area contributed by atoms with Gasteiger partial charge in [0.1, 0.15) is 13.2 Å². The van der Waals surface area contributed by atoms with Gasteiger partial charge in [-0.15, -0.1) is 0 Å². The summed E-state index contributed by atoms with van der Waals surface area (Å²) in [6.07, 6.45) is 26.7. The minimum atomic E-state index is -4.54. The first kappa shape index (κ1) is 43.5. The van der Waals surface area contributed by atoms with Crippen molar-refractivity contribution in [3.8, 4) is 0 Å². The Morgan fingerprint density at radius 3 is 1.55 bits per heavy atom. The number of amides is 1. The largest absolute Gasteiger partial charge is 0.756 e. The Kier molecular flexibility index (Phi) is 28.4. The lowest BCUT2D eigenvalue weighted by Crippen LogP contribution is -2.46. The summed E-state index contributed by atoms with van der Waals surface area (Å²) >= 11 is 0. The number of hydrogen-bond donors (Lipinski definition) is 2. The van der Waals surface area contributed by atoms with E-state index in [4.69, 9.17) is 9.05 Å². The zero-order chi connectivity index (χ0) is 32.9. The highest BCUT2D eigenvalue weighted by Gasteiger charge is 2.24. The number of nitrogens with zero attached hydrogens (tertiary/aromatic N) is 1. The van der Waals surface area contributed by atoms with Crippen molar-refractivity contribution in [1.29, 1.82) is 0 Å². The Bertz CT molecular complexity index is 703. The number of unbranched alkanes of at least 4 members (excludes halogenated alkanes) is 20. The minimum absolute atomic E-state index is 0.0153. The fourth-order valence-electron chi connectivity index (χ4n) is 5.33. The number of rotatable bonds is 33. The second kappa shape index (κ2) is 28.7. The van der Waals surface area contributed by atoms with E-state index in [9.17, 15) is 19.4 Å². The molecule has 0 aromatic heterocycles. The van der Waals surface area contributed by atoms with Crippen molar-refractivity contribution >= 4 is 13.7 Å². The lowest BCUT2D eigenvalue weighted by Gasteiger charge is -2.30. The summed E-state index contributed by atoms with van der Waals surface area (Å²) in [6, 6.07) is -0.789. The molecule has 264 valence electrons. The topological polar surface area (TPSA) is 108 Å². The molecule has 8 nitrogen and oxygen atoms in total. The summed E-state index contributed by atoms with van der Waals surface area (Å²) in [5, 5.41) is 13.8. The normalized spacial score (nSPS) is 14.8. The van der Waals surface area contributed by atoms with E-state index in [1.165, 1.54) is 103 Å². The van der Waals surface area contributed by atoms with Gasteiger partial charge < -0.3 is 28.8 Å². The molecule has 0 bridgehead atoms. The van der Waals surface area contributed by atoms with Gasteiger partial charge in [-0.3, -0.25) is 9.36 Å². The Morgan fingerprint density at radius 2 is 1.11 bits per heavy atom. The number of carbonyl (C=O) groups is 1. The van der Waals surface area contributed by atoms with Gasteiger partial charge in [-0.1, -0.05) is 149 Å². The van der Waals surface area contributed by atoms with Crippen LogP contribution in [0, 0.1) is 0 Å². The number of nitrogens with one attached hydrogen (secondary N) is 1. The highest BCUT2D eigenvalue weighted by atomic mass is 31.2. The number of hydrogen-bond acceptors (Lipinski definition) is 6. The second-order valence-electron chi connectivity index (χ2n) is 13.9. The van der Waals surface area contributed by atoms with Crippen LogP contribution >= 0.6 is 7.82 Å². The van der Waals surface area contributed by atoms with Crippen LogP contribution in [0.4, 0.5) is 0 Å². The van der Waals surface area contributed by atoms with Crippen LogP contribution < -0.4 is 10.2 Å². The molecule has 0 radical (unpaired) electrons. The molecule has 0 rings (SSSR count). The van der Waals surface area contributed by atoms with E-state index in [1.54, 1.807) is 0 Å². The van der Waals surface area contributed by atoms with E-state index in [2.05, 4.69) is 19.2 Å². The standard InChI is InChI=1S/C35H73N2O6P/c1-6-8-10-12-14-16-17-18-19-21-22-24-26-28-34(38)33(32-43-44(40,41)42-31-30-37(3,4)5)36-35(39)29-27-25-23-20-15-13-11-9-7-2/h33-34,38H,6-32H2,1-5H3,(H-,36,39,40,41). The van der Waals surface area contributed by atoms with Crippen molar-refractivity contribution in [1.82, 2.24) is 5.32 Å². The highest BCUT2D eigenvalue weighted by molar-refractivity contribution is 7.45. The van der Waals surface area contributed by atoms with Gasteiger partial charge in [0.25, 0.3) is 7.82 Å². The lowest BCUT2D eigenvalue weighted by molar-refractivity contribution is -0.870. The molecule has 0 aliphatic rings. The van der Waals surface area contributed by atoms with Crippen LogP contribution in [0.3, 0.4) is 0 Å². The van der Waals surface area contributed by atoms with Crippen LogP contribution in [0.15, 0.2) is 0 Å². The Balaban J connectivity index is 4.47. The monoisotopic (exact) mass is 649 g/mol. The third-order valence-electron chi connectivity index (χ3n) is 8.35. The second-order valence-corrected chi connectivity index (χ2v) is 15.4. The van der Waals surface area contributed by atoms with E-state index in [-0.39, 0.29) is 19.1 Å². The van der Waals surface area contributed by atoms with Crippen molar-refractivity contribution in [2.24, 2.45) is 0 Å². The van der Waals surface area contributed by atoms with Crippen LogP contribution in [0.25, 0.3) is 0 Å². The van der Waals surface area contributed by atoms with Crippen LogP contribution in [0.1, 0.15) is 168 Å². The quantitative estimate of drug-likeness (QED) is 0.0420. The molecule has 3 atom stereocenters.